The molecule has 0 aromatic heterocycles. The van der Waals surface area contributed by atoms with Crippen LogP contribution in [0.1, 0.15) is 29.7 Å². The van der Waals surface area contributed by atoms with E-state index in [0.717, 1.165) is 16.7 Å². The fraction of sp³-hybridized carbons (Fsp3) is 0.240. The number of carbonyl (C=O) groups is 1. The molecular formula is C25H26N2O4S. The third-order valence-corrected chi connectivity index (χ3v) is 7.30. The van der Waals surface area contributed by atoms with E-state index in [1.165, 1.54) is 4.31 Å². The van der Waals surface area contributed by atoms with Crippen LogP contribution in [0, 0.1) is 6.92 Å². The Morgan fingerprint density at radius 3 is 2.31 bits per heavy atom. The van der Waals surface area contributed by atoms with Crippen molar-refractivity contribution < 1.29 is 17.9 Å². The topological polar surface area (TPSA) is 75.7 Å². The molecule has 0 unspecified atom stereocenters. The van der Waals surface area contributed by atoms with Crippen molar-refractivity contribution in [3.63, 3.8) is 0 Å². The first-order valence-corrected chi connectivity index (χ1v) is 12.2. The van der Waals surface area contributed by atoms with Crippen molar-refractivity contribution in [3.8, 4) is 5.75 Å². The van der Waals surface area contributed by atoms with E-state index in [4.69, 9.17) is 4.74 Å². The number of ether oxygens (including phenoxy) is 1. The molecule has 0 spiro atoms. The summed E-state index contributed by atoms with van der Waals surface area (Å²) in [7, 11) is -3.57. The lowest BCUT2D eigenvalue weighted by molar-refractivity contribution is -0.128. The molecule has 0 saturated heterocycles. The van der Waals surface area contributed by atoms with Gasteiger partial charge in [0, 0.05) is 0 Å². The second kappa shape index (κ2) is 9.04. The Kier molecular flexibility index (Phi) is 6.19. The van der Waals surface area contributed by atoms with E-state index in [2.05, 4.69) is 5.32 Å². The first-order valence-electron chi connectivity index (χ1n) is 10.6. The second-order valence-electron chi connectivity index (χ2n) is 7.77. The third-order valence-electron chi connectivity index (χ3n) is 5.56. The monoisotopic (exact) mass is 450 g/mol. The lowest BCUT2D eigenvalue weighted by atomic mass is 9.97. The number of rotatable bonds is 6. The Balaban J connectivity index is 1.64. The second-order valence-corrected chi connectivity index (χ2v) is 9.95. The van der Waals surface area contributed by atoms with Crippen LogP contribution < -0.4 is 14.4 Å². The highest BCUT2D eigenvalue weighted by molar-refractivity contribution is 7.92. The number of nitrogens with one attached hydrogen (secondary N) is 1. The number of para-hydroxylation sites is 2. The van der Waals surface area contributed by atoms with Gasteiger partial charge in [-0.05, 0) is 37.1 Å². The van der Waals surface area contributed by atoms with Gasteiger partial charge in [-0.3, -0.25) is 9.10 Å². The van der Waals surface area contributed by atoms with Gasteiger partial charge in [-0.15, -0.1) is 0 Å². The van der Waals surface area contributed by atoms with Crippen LogP contribution >= 0.6 is 0 Å². The molecule has 0 radical (unpaired) electrons. The van der Waals surface area contributed by atoms with Gasteiger partial charge in [0.15, 0.2) is 6.10 Å². The lowest BCUT2D eigenvalue weighted by Crippen LogP contribution is -2.51. The maximum absolute atomic E-state index is 13.3. The van der Waals surface area contributed by atoms with Crippen LogP contribution in [0.25, 0.3) is 0 Å². The maximum atomic E-state index is 13.3. The summed E-state index contributed by atoms with van der Waals surface area (Å²) in [5, 5.41) is 3.07. The molecule has 166 valence electrons. The van der Waals surface area contributed by atoms with Gasteiger partial charge in [0.2, 0.25) is 10.0 Å². The predicted octanol–water partition coefficient (Wildman–Crippen LogP) is 3.82. The molecule has 1 amide bonds. The van der Waals surface area contributed by atoms with Gasteiger partial charge in [0.1, 0.15) is 5.75 Å². The minimum atomic E-state index is -3.57. The highest BCUT2D eigenvalue weighted by Crippen LogP contribution is 2.35. The smallest absolute Gasteiger partial charge is 0.263 e. The molecule has 0 fully saturated rings. The zero-order valence-corrected chi connectivity index (χ0v) is 18.9. The van der Waals surface area contributed by atoms with Crippen molar-refractivity contribution in [2.24, 2.45) is 0 Å². The molecule has 1 aliphatic rings. The molecular weight excluding hydrogens is 424 g/mol. The minimum absolute atomic E-state index is 0.0638. The van der Waals surface area contributed by atoms with E-state index < -0.39 is 16.1 Å². The van der Waals surface area contributed by atoms with Crippen molar-refractivity contribution in [3.05, 3.63) is 95.6 Å². The van der Waals surface area contributed by atoms with Gasteiger partial charge in [0.05, 0.1) is 24.0 Å². The fourth-order valence-electron chi connectivity index (χ4n) is 3.76. The molecule has 1 heterocycles. The molecule has 2 atom stereocenters. The van der Waals surface area contributed by atoms with E-state index in [1.807, 2.05) is 61.5 Å². The van der Waals surface area contributed by atoms with Crippen molar-refractivity contribution in [1.82, 2.24) is 5.32 Å². The van der Waals surface area contributed by atoms with Crippen molar-refractivity contribution in [1.29, 1.82) is 0 Å². The number of benzene rings is 3. The van der Waals surface area contributed by atoms with Crippen LogP contribution in [-0.2, 0) is 14.8 Å². The summed E-state index contributed by atoms with van der Waals surface area (Å²) in [4.78, 5) is 13.3. The molecule has 1 aliphatic heterocycles. The van der Waals surface area contributed by atoms with E-state index in [1.54, 1.807) is 31.2 Å². The summed E-state index contributed by atoms with van der Waals surface area (Å²) in [6, 6.07) is 24.1. The molecule has 0 bridgehead atoms. The average Bonchev–Trinajstić information content (AvgIpc) is 2.83. The average molecular weight is 451 g/mol. The molecule has 4 rings (SSSR count). The summed E-state index contributed by atoms with van der Waals surface area (Å²) < 4.78 is 32.7. The molecule has 7 heteroatoms. The Morgan fingerprint density at radius 1 is 1.00 bits per heavy atom. The number of hydrogen-bond acceptors (Lipinski definition) is 4. The van der Waals surface area contributed by atoms with Gasteiger partial charge >= 0.3 is 0 Å². The van der Waals surface area contributed by atoms with Gasteiger partial charge in [-0.2, -0.15) is 0 Å². The molecule has 0 saturated carbocycles. The molecule has 3 aromatic rings. The summed E-state index contributed by atoms with van der Waals surface area (Å²) in [6.07, 6.45) is -0.970. The lowest BCUT2D eigenvalue weighted by Gasteiger charge is -2.35. The van der Waals surface area contributed by atoms with Crippen molar-refractivity contribution in [2.75, 3.05) is 16.6 Å². The number of carbonyl (C=O) groups excluding carboxylic acids is 1. The number of fused-ring (bicyclic) bond motifs is 1. The zero-order valence-electron chi connectivity index (χ0n) is 18.1. The standard InChI is InChI=1S/C25H26N2O4S/c1-3-32(29,30)27-17-23(31-22-12-8-7-11-21(22)27)25(28)26-24(19-9-5-4-6-10-19)20-15-13-18(2)14-16-20/h4-16,23-24H,3,17H2,1-2H3,(H,26,28)/t23-,24-/m0/s1. The number of aryl methyl sites for hydroxylation is 1. The summed E-state index contributed by atoms with van der Waals surface area (Å²) in [6.45, 7) is 3.52. The molecule has 1 N–H and O–H groups in total. The first-order chi connectivity index (χ1) is 15.4. The van der Waals surface area contributed by atoms with Crippen LogP contribution in [0.15, 0.2) is 78.9 Å². The van der Waals surface area contributed by atoms with E-state index in [0.29, 0.717) is 11.4 Å². The van der Waals surface area contributed by atoms with Crippen LogP contribution in [0.2, 0.25) is 0 Å². The number of hydrogen-bond donors (Lipinski definition) is 1. The quantitative estimate of drug-likeness (QED) is 0.620. The van der Waals surface area contributed by atoms with Gasteiger partial charge in [0.25, 0.3) is 5.91 Å². The summed E-state index contributed by atoms with van der Waals surface area (Å²) in [5.74, 6) is -0.0566. The highest BCUT2D eigenvalue weighted by atomic mass is 32.2. The number of amides is 1. The van der Waals surface area contributed by atoms with Gasteiger partial charge in [-0.1, -0.05) is 72.3 Å². The third kappa shape index (κ3) is 4.48. The number of sulfonamides is 1. The number of nitrogens with zero attached hydrogens (tertiary/aromatic N) is 1. The van der Waals surface area contributed by atoms with Crippen molar-refractivity contribution >= 4 is 21.6 Å². The first kappa shape index (κ1) is 21.9. The molecule has 0 aliphatic carbocycles. The Morgan fingerprint density at radius 2 is 1.62 bits per heavy atom. The van der Waals surface area contributed by atoms with Crippen LogP contribution in [0.4, 0.5) is 5.69 Å². The van der Waals surface area contributed by atoms with E-state index in [9.17, 15) is 13.2 Å². The Labute approximate surface area is 188 Å². The fourth-order valence-corrected chi connectivity index (χ4v) is 4.88. The van der Waals surface area contributed by atoms with Crippen LogP contribution in [0.3, 0.4) is 0 Å². The predicted molar refractivity (Wildman–Crippen MR) is 125 cm³/mol. The van der Waals surface area contributed by atoms with E-state index >= 15 is 0 Å². The van der Waals surface area contributed by atoms with Gasteiger partial charge in [-0.25, -0.2) is 8.42 Å². The van der Waals surface area contributed by atoms with Crippen LogP contribution in [0.5, 0.6) is 5.75 Å². The molecule has 32 heavy (non-hydrogen) atoms. The molecule has 3 aromatic carbocycles. The Hall–Kier alpha value is -3.32. The van der Waals surface area contributed by atoms with Crippen LogP contribution in [-0.4, -0.2) is 32.7 Å². The Bertz CT molecular complexity index is 1190. The zero-order chi connectivity index (χ0) is 22.7. The molecule has 6 nitrogen and oxygen atoms in total. The van der Waals surface area contributed by atoms with Gasteiger partial charge < -0.3 is 10.1 Å². The van der Waals surface area contributed by atoms with Crippen molar-refractivity contribution in [2.45, 2.75) is 26.0 Å². The summed E-state index contributed by atoms with van der Waals surface area (Å²) in [5.41, 5.74) is 3.44. The minimum Gasteiger partial charge on any atom is -0.476 e. The largest absolute Gasteiger partial charge is 0.476 e. The van der Waals surface area contributed by atoms with E-state index in [-0.39, 0.29) is 24.2 Å². The summed E-state index contributed by atoms with van der Waals surface area (Å²) >= 11 is 0. The highest BCUT2D eigenvalue weighted by Gasteiger charge is 2.36. The normalized spacial score (nSPS) is 16.6. The SMILES string of the molecule is CCS(=O)(=O)N1C[C@@H](C(=O)N[C@@H](c2ccccc2)c2ccc(C)cc2)Oc2ccccc21. The number of anilines is 1. The maximum Gasteiger partial charge on any atom is 0.263 e.